The summed E-state index contributed by atoms with van der Waals surface area (Å²) in [5, 5.41) is 3.59. The third kappa shape index (κ3) is 3.80. The zero-order valence-electron chi connectivity index (χ0n) is 12.8. The highest BCUT2D eigenvalue weighted by atomic mass is 15.2. The molecule has 19 heavy (non-hydrogen) atoms. The predicted molar refractivity (Wildman–Crippen MR) is 79.3 cm³/mol. The van der Waals surface area contributed by atoms with Gasteiger partial charge in [-0.2, -0.15) is 0 Å². The van der Waals surface area contributed by atoms with Crippen molar-refractivity contribution < 1.29 is 0 Å². The van der Waals surface area contributed by atoms with E-state index in [0.717, 1.165) is 13.1 Å². The average molecular weight is 264 g/mol. The van der Waals surface area contributed by atoms with Gasteiger partial charge in [0.2, 0.25) is 0 Å². The minimum Gasteiger partial charge on any atom is -0.329 e. The first kappa shape index (κ1) is 14.5. The second-order valence-corrected chi connectivity index (χ2v) is 6.42. The number of hydrogen-bond acceptors (Lipinski definition) is 3. The van der Waals surface area contributed by atoms with Crippen molar-refractivity contribution in [1.82, 2.24) is 19.8 Å². The Morgan fingerprint density at radius 2 is 2.26 bits per heavy atom. The van der Waals surface area contributed by atoms with Crippen LogP contribution in [-0.4, -0.2) is 41.6 Å². The normalized spacial score (nSPS) is 21.5. The van der Waals surface area contributed by atoms with E-state index >= 15 is 0 Å². The molecule has 0 aliphatic carbocycles. The lowest BCUT2D eigenvalue weighted by atomic mass is 10.0. The second-order valence-electron chi connectivity index (χ2n) is 6.42. The molecule has 0 spiro atoms. The molecule has 1 aromatic rings. The van der Waals surface area contributed by atoms with Gasteiger partial charge >= 0.3 is 0 Å². The van der Waals surface area contributed by atoms with E-state index in [2.05, 4.69) is 47.7 Å². The molecule has 0 radical (unpaired) electrons. The summed E-state index contributed by atoms with van der Waals surface area (Å²) in [7, 11) is 4.30. The first-order valence-corrected chi connectivity index (χ1v) is 7.47. The Morgan fingerprint density at radius 1 is 1.47 bits per heavy atom. The van der Waals surface area contributed by atoms with Crippen molar-refractivity contribution in [2.24, 2.45) is 5.92 Å². The van der Waals surface area contributed by atoms with Crippen molar-refractivity contribution in [3.8, 4) is 0 Å². The molecule has 1 saturated heterocycles. The maximum atomic E-state index is 4.41. The zero-order valence-corrected chi connectivity index (χ0v) is 12.8. The van der Waals surface area contributed by atoms with Gasteiger partial charge in [-0.3, -0.25) is 0 Å². The van der Waals surface area contributed by atoms with Crippen molar-refractivity contribution in [2.75, 3.05) is 27.2 Å². The minimum atomic E-state index is 0.499. The topological polar surface area (TPSA) is 33.1 Å². The smallest absolute Gasteiger partial charge is 0.0951 e. The van der Waals surface area contributed by atoms with Gasteiger partial charge < -0.3 is 14.8 Å². The standard InChI is InChI=1S/C15H28N4/c1-12(2)8-13(10-18(3)4)19-11-16-9-15(19)14-6-5-7-17-14/h9,11-14,17H,5-8,10H2,1-4H3/t13?,14-/m0/s1. The van der Waals surface area contributed by atoms with E-state index in [1.807, 2.05) is 12.5 Å². The first-order chi connectivity index (χ1) is 9.08. The number of rotatable bonds is 6. The number of likely N-dealkylation sites (N-methyl/N-ethyl adjacent to an activating group) is 1. The molecule has 0 aromatic carbocycles. The van der Waals surface area contributed by atoms with Crippen LogP contribution in [0.2, 0.25) is 0 Å². The largest absolute Gasteiger partial charge is 0.329 e. The summed E-state index contributed by atoms with van der Waals surface area (Å²) in [6.07, 6.45) is 7.78. The van der Waals surface area contributed by atoms with Crippen LogP contribution in [0.3, 0.4) is 0 Å². The summed E-state index contributed by atoms with van der Waals surface area (Å²) in [6.45, 7) is 6.81. The Bertz CT molecular complexity index is 367. The lowest BCUT2D eigenvalue weighted by molar-refractivity contribution is 0.281. The summed E-state index contributed by atoms with van der Waals surface area (Å²) in [4.78, 5) is 6.68. The van der Waals surface area contributed by atoms with Gasteiger partial charge in [-0.25, -0.2) is 4.98 Å². The lowest BCUT2D eigenvalue weighted by Crippen LogP contribution is -2.28. The fourth-order valence-electron chi connectivity index (χ4n) is 3.07. The fourth-order valence-corrected chi connectivity index (χ4v) is 3.07. The number of nitrogens with zero attached hydrogens (tertiary/aromatic N) is 3. The minimum absolute atomic E-state index is 0.499. The van der Waals surface area contributed by atoms with Crippen LogP contribution in [0.25, 0.3) is 0 Å². The average Bonchev–Trinajstić information content (AvgIpc) is 2.97. The summed E-state index contributed by atoms with van der Waals surface area (Å²) < 4.78 is 2.41. The monoisotopic (exact) mass is 264 g/mol. The summed E-state index contributed by atoms with van der Waals surface area (Å²) >= 11 is 0. The van der Waals surface area contributed by atoms with E-state index in [1.54, 1.807) is 0 Å². The Labute approximate surface area is 117 Å². The quantitative estimate of drug-likeness (QED) is 0.857. The van der Waals surface area contributed by atoms with Gasteiger partial charge in [0.25, 0.3) is 0 Å². The highest BCUT2D eigenvalue weighted by Crippen LogP contribution is 2.27. The van der Waals surface area contributed by atoms with Crippen LogP contribution in [0.1, 0.15) is 50.9 Å². The van der Waals surface area contributed by atoms with Crippen LogP contribution in [0.5, 0.6) is 0 Å². The van der Waals surface area contributed by atoms with Crippen LogP contribution < -0.4 is 5.32 Å². The first-order valence-electron chi connectivity index (χ1n) is 7.47. The molecule has 1 fully saturated rings. The zero-order chi connectivity index (χ0) is 13.8. The third-order valence-electron chi connectivity index (χ3n) is 3.83. The molecule has 0 bridgehead atoms. The Hall–Kier alpha value is -0.870. The van der Waals surface area contributed by atoms with Gasteiger partial charge in [0.15, 0.2) is 0 Å². The summed E-state index contributed by atoms with van der Waals surface area (Å²) in [5.74, 6) is 0.705. The van der Waals surface area contributed by atoms with Gasteiger partial charge in [-0.15, -0.1) is 0 Å². The Morgan fingerprint density at radius 3 is 2.84 bits per heavy atom. The molecule has 1 aliphatic heterocycles. The molecule has 2 rings (SSSR count). The molecule has 4 nitrogen and oxygen atoms in total. The molecule has 1 aliphatic rings. The molecule has 0 saturated carbocycles. The molecule has 0 amide bonds. The highest BCUT2D eigenvalue weighted by Gasteiger charge is 2.23. The van der Waals surface area contributed by atoms with Gasteiger partial charge in [0.05, 0.1) is 12.0 Å². The van der Waals surface area contributed by atoms with Crippen LogP contribution in [-0.2, 0) is 0 Å². The van der Waals surface area contributed by atoms with E-state index in [0.29, 0.717) is 18.0 Å². The SMILES string of the molecule is CC(C)CC(CN(C)C)n1cncc1[C@@H]1CCCN1. The number of aromatic nitrogens is 2. The molecule has 1 aromatic heterocycles. The van der Waals surface area contributed by atoms with Gasteiger partial charge in [0, 0.05) is 24.8 Å². The van der Waals surface area contributed by atoms with Crippen LogP contribution in [0.15, 0.2) is 12.5 Å². The van der Waals surface area contributed by atoms with Crippen molar-refractivity contribution in [3.63, 3.8) is 0 Å². The number of hydrogen-bond donors (Lipinski definition) is 1. The molecular weight excluding hydrogens is 236 g/mol. The van der Waals surface area contributed by atoms with Gasteiger partial charge in [-0.1, -0.05) is 13.8 Å². The molecular formula is C15H28N4. The van der Waals surface area contributed by atoms with Gasteiger partial charge in [0.1, 0.15) is 0 Å². The maximum absolute atomic E-state index is 4.41. The third-order valence-corrected chi connectivity index (χ3v) is 3.83. The molecule has 4 heteroatoms. The molecule has 1 N–H and O–H groups in total. The van der Waals surface area contributed by atoms with Crippen molar-refractivity contribution in [3.05, 3.63) is 18.2 Å². The Kier molecular flexibility index (Phi) is 4.99. The lowest BCUT2D eigenvalue weighted by Gasteiger charge is -2.27. The van der Waals surface area contributed by atoms with E-state index in [1.165, 1.54) is 25.0 Å². The van der Waals surface area contributed by atoms with E-state index in [9.17, 15) is 0 Å². The summed E-state index contributed by atoms with van der Waals surface area (Å²) in [5.41, 5.74) is 1.37. The van der Waals surface area contributed by atoms with E-state index < -0.39 is 0 Å². The maximum Gasteiger partial charge on any atom is 0.0951 e. The van der Waals surface area contributed by atoms with Crippen molar-refractivity contribution >= 4 is 0 Å². The van der Waals surface area contributed by atoms with Crippen LogP contribution in [0, 0.1) is 5.92 Å². The molecule has 2 atom stereocenters. The van der Waals surface area contributed by atoms with E-state index in [4.69, 9.17) is 0 Å². The van der Waals surface area contributed by atoms with Crippen molar-refractivity contribution in [1.29, 1.82) is 0 Å². The highest BCUT2D eigenvalue weighted by molar-refractivity contribution is 5.09. The number of nitrogens with one attached hydrogen (secondary N) is 1. The number of imidazole rings is 1. The van der Waals surface area contributed by atoms with Crippen LogP contribution >= 0.6 is 0 Å². The fraction of sp³-hybridized carbons (Fsp3) is 0.800. The molecule has 2 heterocycles. The molecule has 108 valence electrons. The van der Waals surface area contributed by atoms with Gasteiger partial charge in [-0.05, 0) is 45.8 Å². The summed E-state index contributed by atoms with van der Waals surface area (Å²) in [6, 6.07) is 1.02. The Balaban J connectivity index is 2.17. The second kappa shape index (κ2) is 6.53. The predicted octanol–water partition coefficient (Wildman–Crippen LogP) is 2.46. The van der Waals surface area contributed by atoms with Crippen LogP contribution in [0.4, 0.5) is 0 Å². The van der Waals surface area contributed by atoms with E-state index in [-0.39, 0.29) is 0 Å². The van der Waals surface area contributed by atoms with Crippen molar-refractivity contribution in [2.45, 2.75) is 45.2 Å². The molecule has 1 unspecified atom stereocenters.